The fourth-order valence-corrected chi connectivity index (χ4v) is 8.59. The van der Waals surface area contributed by atoms with Crippen molar-refractivity contribution in [1.29, 1.82) is 0 Å². The third-order valence-electron chi connectivity index (χ3n) is 12.1. The average Bonchev–Trinajstić information content (AvgIpc) is 3.38. The van der Waals surface area contributed by atoms with Gasteiger partial charge in [-0.15, -0.1) is 0 Å². The highest BCUT2D eigenvalue weighted by Crippen LogP contribution is 2.43. The first kappa shape index (κ1) is 69.7. The van der Waals surface area contributed by atoms with E-state index in [9.17, 15) is 19.0 Å². The Hall–Kier alpha value is -3.33. The summed E-state index contributed by atoms with van der Waals surface area (Å²) in [6.45, 7) is 3.59. The van der Waals surface area contributed by atoms with Crippen LogP contribution in [0.4, 0.5) is 0 Å². The minimum absolute atomic E-state index is 0.0434. The summed E-state index contributed by atoms with van der Waals surface area (Å²) in [5.74, 6) is -0.861. The molecule has 0 amide bonds. The van der Waals surface area contributed by atoms with Gasteiger partial charge in [-0.25, -0.2) is 4.57 Å². The van der Waals surface area contributed by atoms with Crippen LogP contribution in [0.3, 0.4) is 0 Å². The van der Waals surface area contributed by atoms with Crippen molar-refractivity contribution in [2.75, 3.05) is 26.4 Å². The zero-order valence-electron chi connectivity index (χ0n) is 46.6. The SMILES string of the molecule is CC/C=C\C/C=C\C/C=C\C/C=C\C/C=C\C/C=C\CCCCCCC(=O)OC(COC(=O)CCCCCCCCCCCCCCCC/C=C\C/C=C\C/C=C\CCCCCCC)COP(=O)(O)OCCN. The number of esters is 2. The molecule has 10 heteroatoms. The van der Waals surface area contributed by atoms with E-state index in [-0.39, 0.29) is 32.6 Å². The number of phosphoric acid groups is 1. The molecule has 0 saturated carbocycles. The van der Waals surface area contributed by atoms with Crippen molar-refractivity contribution < 1.29 is 37.6 Å². The van der Waals surface area contributed by atoms with Gasteiger partial charge in [-0.2, -0.15) is 0 Å². The van der Waals surface area contributed by atoms with E-state index in [4.69, 9.17) is 24.3 Å². The topological polar surface area (TPSA) is 134 Å². The Balaban J connectivity index is 4.03. The molecule has 0 aromatic rings. The van der Waals surface area contributed by atoms with Gasteiger partial charge in [-0.1, -0.05) is 239 Å². The van der Waals surface area contributed by atoms with Crippen LogP contribution in [0.1, 0.15) is 245 Å². The third-order valence-corrected chi connectivity index (χ3v) is 13.1. The van der Waals surface area contributed by atoms with Crippen LogP contribution < -0.4 is 5.73 Å². The number of carbonyl (C=O) groups is 2. The van der Waals surface area contributed by atoms with Crippen LogP contribution in [0.25, 0.3) is 0 Å². The van der Waals surface area contributed by atoms with E-state index in [2.05, 4.69) is 123 Å². The molecule has 0 aliphatic rings. The van der Waals surface area contributed by atoms with E-state index < -0.39 is 32.5 Å². The lowest BCUT2D eigenvalue weighted by atomic mass is 10.0. The standard InChI is InChI=1S/C63H108NO8P/c1-3-5-7-9-11-13-15-17-19-21-23-25-27-28-29-30-31-32-34-35-37-39-41-43-45-47-49-51-53-55-62(65)69-59-61(60-71-73(67,68)70-58-57-64)72-63(66)56-54-52-50-48-46-44-42-40-38-36-33-26-24-22-20-18-16-14-12-10-8-6-4-2/h6,8,12,14-15,17-18,20-21,23-24,26-28,36,38,42,44,61H,3-5,7,9-11,13,16,19,22,25,29-35,37,39-41,43,45-60,64H2,1-2H3,(H,67,68)/b8-6-,14-12-,17-15-,20-18-,23-21-,26-24-,28-27-,38-36-,44-42-. The van der Waals surface area contributed by atoms with Gasteiger partial charge in [0.1, 0.15) is 6.61 Å². The molecule has 0 aromatic carbocycles. The largest absolute Gasteiger partial charge is 0.472 e. The number of phosphoric ester groups is 1. The highest BCUT2D eigenvalue weighted by Gasteiger charge is 2.26. The number of rotatable bonds is 54. The number of nitrogens with two attached hydrogens (primary N) is 1. The number of hydrogen-bond acceptors (Lipinski definition) is 8. The van der Waals surface area contributed by atoms with Crippen LogP contribution in [-0.4, -0.2) is 49.3 Å². The maximum absolute atomic E-state index is 12.7. The van der Waals surface area contributed by atoms with Gasteiger partial charge in [0.15, 0.2) is 6.10 Å². The van der Waals surface area contributed by atoms with Crippen molar-refractivity contribution in [3.63, 3.8) is 0 Å². The maximum Gasteiger partial charge on any atom is 0.472 e. The molecular weight excluding hydrogens is 930 g/mol. The predicted octanol–water partition coefficient (Wildman–Crippen LogP) is 18.6. The summed E-state index contributed by atoms with van der Waals surface area (Å²) in [5.41, 5.74) is 5.38. The first-order valence-electron chi connectivity index (χ1n) is 29.4. The Kier molecular flexibility index (Phi) is 55.3. The van der Waals surface area contributed by atoms with Crippen LogP contribution in [0, 0.1) is 0 Å². The number of ether oxygens (including phenoxy) is 2. The van der Waals surface area contributed by atoms with E-state index >= 15 is 0 Å². The lowest BCUT2D eigenvalue weighted by Crippen LogP contribution is -2.29. The number of hydrogen-bond donors (Lipinski definition) is 2. The molecule has 0 aliphatic heterocycles. The Morgan fingerprint density at radius 2 is 0.753 bits per heavy atom. The molecule has 9 nitrogen and oxygen atoms in total. The van der Waals surface area contributed by atoms with Crippen molar-refractivity contribution in [3.05, 3.63) is 109 Å². The van der Waals surface area contributed by atoms with E-state index in [1.807, 2.05) is 0 Å². The van der Waals surface area contributed by atoms with E-state index in [0.717, 1.165) is 96.3 Å². The zero-order valence-corrected chi connectivity index (χ0v) is 47.5. The first-order chi connectivity index (χ1) is 35.8. The predicted molar refractivity (Wildman–Crippen MR) is 311 cm³/mol. The Labute approximate surface area is 448 Å². The van der Waals surface area contributed by atoms with Crippen LogP contribution in [0.2, 0.25) is 0 Å². The van der Waals surface area contributed by atoms with Crippen molar-refractivity contribution in [3.8, 4) is 0 Å². The second-order valence-corrected chi connectivity index (χ2v) is 20.6. The van der Waals surface area contributed by atoms with Crippen molar-refractivity contribution in [2.24, 2.45) is 5.73 Å². The summed E-state index contributed by atoms with van der Waals surface area (Å²) in [7, 11) is -4.40. The second-order valence-electron chi connectivity index (χ2n) is 19.1. The van der Waals surface area contributed by atoms with E-state index in [1.54, 1.807) is 0 Å². The molecule has 0 bridgehead atoms. The third kappa shape index (κ3) is 57.8. The quantitative estimate of drug-likeness (QED) is 0.0264. The smallest absolute Gasteiger partial charge is 0.462 e. The summed E-state index contributed by atoms with van der Waals surface area (Å²) in [6, 6.07) is 0. The highest BCUT2D eigenvalue weighted by molar-refractivity contribution is 7.47. The molecule has 0 spiro atoms. The maximum atomic E-state index is 12.7. The molecule has 0 aliphatic carbocycles. The molecule has 3 N–H and O–H groups in total. The Bertz CT molecular complexity index is 1560. The number of carbonyl (C=O) groups excluding carboxylic acids is 2. The molecule has 2 atom stereocenters. The molecule has 2 unspecified atom stereocenters. The van der Waals surface area contributed by atoms with Crippen LogP contribution in [0.15, 0.2) is 109 Å². The fourth-order valence-electron chi connectivity index (χ4n) is 7.82. The lowest BCUT2D eigenvalue weighted by molar-refractivity contribution is -0.161. The Morgan fingerprint density at radius 1 is 0.425 bits per heavy atom. The van der Waals surface area contributed by atoms with E-state index in [0.29, 0.717) is 6.42 Å². The van der Waals surface area contributed by atoms with Gasteiger partial charge >= 0.3 is 19.8 Å². The normalized spacial score (nSPS) is 13.9. The second kappa shape index (κ2) is 57.9. The molecule has 0 heterocycles. The van der Waals surface area contributed by atoms with Gasteiger partial charge in [-0.05, 0) is 103 Å². The van der Waals surface area contributed by atoms with Gasteiger partial charge in [0.05, 0.1) is 13.2 Å². The van der Waals surface area contributed by atoms with Gasteiger partial charge in [0, 0.05) is 19.4 Å². The van der Waals surface area contributed by atoms with E-state index in [1.165, 1.54) is 116 Å². The number of allylic oxidation sites excluding steroid dienone is 18. The summed E-state index contributed by atoms with van der Waals surface area (Å²) in [6.07, 6.45) is 78.6. The molecule has 0 saturated heterocycles. The number of unbranched alkanes of at least 4 members (excludes halogenated alkanes) is 23. The summed E-state index contributed by atoms with van der Waals surface area (Å²) in [4.78, 5) is 35.2. The minimum atomic E-state index is -4.40. The van der Waals surface area contributed by atoms with Crippen LogP contribution in [0.5, 0.6) is 0 Å². The Morgan fingerprint density at radius 3 is 1.12 bits per heavy atom. The summed E-state index contributed by atoms with van der Waals surface area (Å²) >= 11 is 0. The summed E-state index contributed by atoms with van der Waals surface area (Å²) in [5, 5.41) is 0. The molecule has 0 aromatic heterocycles. The monoisotopic (exact) mass is 1040 g/mol. The van der Waals surface area contributed by atoms with Crippen molar-refractivity contribution in [2.45, 2.75) is 251 Å². The molecule has 0 fully saturated rings. The highest BCUT2D eigenvalue weighted by atomic mass is 31.2. The van der Waals surface area contributed by atoms with Gasteiger partial charge in [0.25, 0.3) is 0 Å². The average molecular weight is 1040 g/mol. The molecule has 418 valence electrons. The van der Waals surface area contributed by atoms with Crippen molar-refractivity contribution in [1.82, 2.24) is 0 Å². The molecular formula is C63H108NO8P. The van der Waals surface area contributed by atoms with Gasteiger partial charge in [-0.3, -0.25) is 18.6 Å². The molecule has 0 radical (unpaired) electrons. The molecule has 73 heavy (non-hydrogen) atoms. The van der Waals surface area contributed by atoms with Crippen LogP contribution >= 0.6 is 7.82 Å². The first-order valence-corrected chi connectivity index (χ1v) is 30.9. The molecule has 0 rings (SSSR count). The summed E-state index contributed by atoms with van der Waals surface area (Å²) < 4.78 is 33.0. The van der Waals surface area contributed by atoms with Gasteiger partial charge in [0.2, 0.25) is 0 Å². The zero-order chi connectivity index (χ0) is 53.1. The van der Waals surface area contributed by atoms with Crippen LogP contribution in [-0.2, 0) is 32.7 Å². The van der Waals surface area contributed by atoms with Gasteiger partial charge < -0.3 is 20.1 Å². The minimum Gasteiger partial charge on any atom is -0.462 e. The van der Waals surface area contributed by atoms with Crippen molar-refractivity contribution >= 4 is 19.8 Å². The fraction of sp³-hybridized carbons (Fsp3) is 0.683. The lowest BCUT2D eigenvalue weighted by Gasteiger charge is -2.19.